The topological polar surface area (TPSA) is 93.5 Å². The van der Waals surface area contributed by atoms with Crippen LogP contribution in [0.1, 0.15) is 6.42 Å². The highest BCUT2D eigenvalue weighted by molar-refractivity contribution is 6.01. The molecule has 1 N–H and O–H groups in total. The summed E-state index contributed by atoms with van der Waals surface area (Å²) >= 11 is 0. The Hall–Kier alpha value is -3.68. The minimum absolute atomic E-state index is 0.116. The van der Waals surface area contributed by atoms with E-state index in [2.05, 4.69) is 10.3 Å². The number of amides is 2. The second-order valence-corrected chi connectivity index (χ2v) is 7.13. The molecule has 2 aromatic carbocycles. The van der Waals surface area contributed by atoms with Crippen LogP contribution in [0, 0.1) is 5.92 Å². The summed E-state index contributed by atoms with van der Waals surface area (Å²) < 4.78 is 6.80. The number of carbonyl (C=O) groups excluding carboxylic acids is 2. The van der Waals surface area contributed by atoms with Crippen LogP contribution in [-0.2, 0) is 16.1 Å². The third-order valence-corrected chi connectivity index (χ3v) is 5.26. The number of nitrogens with zero attached hydrogens (tertiary/aromatic N) is 3. The summed E-state index contributed by atoms with van der Waals surface area (Å²) in [4.78, 5) is 43.4. The lowest BCUT2D eigenvalue weighted by atomic mass is 10.1. The second-order valence-electron chi connectivity index (χ2n) is 7.13. The highest BCUT2D eigenvalue weighted by atomic mass is 16.5. The number of carbonyl (C=O) groups is 2. The van der Waals surface area contributed by atoms with Gasteiger partial charge in [0.25, 0.3) is 5.56 Å². The quantitative estimate of drug-likeness (QED) is 0.671. The molecule has 1 aliphatic heterocycles. The van der Waals surface area contributed by atoms with Crippen LogP contribution in [0.2, 0.25) is 0 Å². The first-order chi connectivity index (χ1) is 14.6. The summed E-state index contributed by atoms with van der Waals surface area (Å²) in [5, 5.41) is 3.37. The molecule has 0 bridgehead atoms. The average molecular weight is 406 g/mol. The lowest BCUT2D eigenvalue weighted by Crippen LogP contribution is -2.36. The highest BCUT2D eigenvalue weighted by Gasteiger charge is 2.36. The maximum atomic E-state index is 12.6. The summed E-state index contributed by atoms with van der Waals surface area (Å²) in [5.74, 6) is -0.180. The van der Waals surface area contributed by atoms with Crippen molar-refractivity contribution in [2.75, 3.05) is 25.1 Å². The van der Waals surface area contributed by atoms with Crippen molar-refractivity contribution in [1.29, 1.82) is 0 Å². The van der Waals surface area contributed by atoms with Gasteiger partial charge in [-0.05, 0) is 24.3 Å². The van der Waals surface area contributed by atoms with Crippen LogP contribution in [0.3, 0.4) is 0 Å². The Balaban J connectivity index is 1.38. The Bertz CT molecular complexity index is 1160. The first kappa shape index (κ1) is 19.6. The Morgan fingerprint density at radius 2 is 1.93 bits per heavy atom. The number of ether oxygens (including phenoxy) is 1. The van der Waals surface area contributed by atoms with Gasteiger partial charge in [-0.2, -0.15) is 0 Å². The van der Waals surface area contributed by atoms with Crippen LogP contribution < -0.4 is 20.5 Å². The van der Waals surface area contributed by atoms with Crippen molar-refractivity contribution in [3.63, 3.8) is 0 Å². The standard InChI is InChI=1S/C22H22N4O4/c1-30-19-9-5-4-8-18(19)26-13-15(12-20(26)27)21(28)23-10-11-25-14-24-17-7-3-2-6-16(17)22(25)29/h2-9,14-15H,10-13H2,1H3,(H,23,28)/t15-/m1/s1. The SMILES string of the molecule is COc1ccccc1N1C[C@H](C(=O)NCCn2cnc3ccccc3c2=O)CC1=O. The smallest absolute Gasteiger partial charge is 0.261 e. The number of methoxy groups -OCH3 is 1. The van der Waals surface area contributed by atoms with Crippen LogP contribution in [0.15, 0.2) is 59.7 Å². The third-order valence-electron chi connectivity index (χ3n) is 5.26. The number of benzene rings is 2. The lowest BCUT2D eigenvalue weighted by Gasteiger charge is -2.19. The van der Waals surface area contributed by atoms with Crippen LogP contribution in [0.4, 0.5) is 5.69 Å². The summed E-state index contributed by atoms with van der Waals surface area (Å²) in [6.07, 6.45) is 1.63. The van der Waals surface area contributed by atoms with E-state index in [-0.39, 0.29) is 30.3 Å². The molecule has 0 spiro atoms. The van der Waals surface area contributed by atoms with E-state index in [0.717, 1.165) is 0 Å². The summed E-state index contributed by atoms with van der Waals surface area (Å²) in [6, 6.07) is 14.4. The van der Waals surface area contributed by atoms with E-state index in [9.17, 15) is 14.4 Å². The van der Waals surface area contributed by atoms with Crippen LogP contribution in [0.25, 0.3) is 10.9 Å². The first-order valence-corrected chi connectivity index (χ1v) is 9.74. The Morgan fingerprint density at radius 1 is 1.17 bits per heavy atom. The Morgan fingerprint density at radius 3 is 2.77 bits per heavy atom. The number of rotatable bonds is 6. The zero-order chi connectivity index (χ0) is 21.1. The third kappa shape index (κ3) is 3.76. The van der Waals surface area contributed by atoms with Gasteiger partial charge in [0.1, 0.15) is 5.75 Å². The highest BCUT2D eigenvalue weighted by Crippen LogP contribution is 2.32. The molecule has 8 heteroatoms. The predicted octanol–water partition coefficient (Wildman–Crippen LogP) is 1.57. The maximum Gasteiger partial charge on any atom is 0.261 e. The van der Waals surface area contributed by atoms with Crippen LogP contribution in [-0.4, -0.2) is 41.6 Å². The van der Waals surface area contributed by atoms with Gasteiger partial charge in [-0.25, -0.2) is 4.98 Å². The molecule has 1 aliphatic rings. The number of para-hydroxylation sites is 3. The van der Waals surface area contributed by atoms with Gasteiger partial charge < -0.3 is 15.0 Å². The summed E-state index contributed by atoms with van der Waals surface area (Å²) in [7, 11) is 1.55. The van der Waals surface area contributed by atoms with Crippen molar-refractivity contribution in [2.24, 2.45) is 5.92 Å². The molecule has 0 saturated carbocycles. The normalized spacial score (nSPS) is 16.1. The minimum Gasteiger partial charge on any atom is -0.495 e. The fraction of sp³-hybridized carbons (Fsp3) is 0.273. The van der Waals surface area contributed by atoms with Gasteiger partial charge in [0.2, 0.25) is 11.8 Å². The van der Waals surface area contributed by atoms with Gasteiger partial charge >= 0.3 is 0 Å². The molecule has 1 aromatic heterocycles. The fourth-order valence-corrected chi connectivity index (χ4v) is 3.68. The van der Waals surface area contributed by atoms with Crippen molar-refractivity contribution in [3.05, 3.63) is 65.2 Å². The number of fused-ring (bicyclic) bond motifs is 1. The molecule has 0 radical (unpaired) electrons. The van der Waals surface area contributed by atoms with Gasteiger partial charge in [0.15, 0.2) is 0 Å². The molecule has 4 rings (SSSR count). The zero-order valence-electron chi connectivity index (χ0n) is 16.6. The van der Waals surface area contributed by atoms with Gasteiger partial charge in [-0.3, -0.25) is 19.0 Å². The Kier molecular flexibility index (Phi) is 5.47. The van der Waals surface area contributed by atoms with E-state index in [1.165, 1.54) is 10.9 Å². The van der Waals surface area contributed by atoms with Gasteiger partial charge in [0.05, 0.1) is 35.9 Å². The molecule has 1 fully saturated rings. The largest absolute Gasteiger partial charge is 0.495 e. The van der Waals surface area contributed by atoms with Crippen molar-refractivity contribution < 1.29 is 14.3 Å². The van der Waals surface area contributed by atoms with Gasteiger partial charge in [-0.15, -0.1) is 0 Å². The summed E-state index contributed by atoms with van der Waals surface area (Å²) in [6.45, 7) is 0.875. The minimum atomic E-state index is -0.450. The van der Waals surface area contributed by atoms with Crippen molar-refractivity contribution in [1.82, 2.24) is 14.9 Å². The number of aromatic nitrogens is 2. The predicted molar refractivity (Wildman–Crippen MR) is 112 cm³/mol. The number of anilines is 1. The van der Waals surface area contributed by atoms with Gasteiger partial charge in [-0.1, -0.05) is 24.3 Å². The number of hydrogen-bond acceptors (Lipinski definition) is 5. The van der Waals surface area contributed by atoms with E-state index >= 15 is 0 Å². The van der Waals surface area contributed by atoms with E-state index < -0.39 is 5.92 Å². The molecule has 2 amide bonds. The summed E-state index contributed by atoms with van der Waals surface area (Å²) in [5.41, 5.74) is 1.16. The molecular weight excluding hydrogens is 384 g/mol. The Labute approximate surface area is 173 Å². The fourth-order valence-electron chi connectivity index (χ4n) is 3.68. The molecule has 2 heterocycles. The average Bonchev–Trinajstić information content (AvgIpc) is 3.17. The lowest BCUT2D eigenvalue weighted by molar-refractivity contribution is -0.126. The number of nitrogens with one attached hydrogen (secondary N) is 1. The molecule has 1 saturated heterocycles. The first-order valence-electron chi connectivity index (χ1n) is 9.74. The van der Waals surface area contributed by atoms with E-state index in [4.69, 9.17) is 4.74 Å². The molecule has 154 valence electrons. The van der Waals surface area contributed by atoms with E-state index in [0.29, 0.717) is 35.4 Å². The molecule has 1 atom stereocenters. The van der Waals surface area contributed by atoms with Crippen molar-refractivity contribution in [3.8, 4) is 5.75 Å². The molecule has 3 aromatic rings. The van der Waals surface area contributed by atoms with Crippen molar-refractivity contribution >= 4 is 28.4 Å². The van der Waals surface area contributed by atoms with Crippen molar-refractivity contribution in [2.45, 2.75) is 13.0 Å². The second kappa shape index (κ2) is 8.36. The van der Waals surface area contributed by atoms with Crippen LogP contribution in [0.5, 0.6) is 5.75 Å². The molecule has 30 heavy (non-hydrogen) atoms. The number of hydrogen-bond donors (Lipinski definition) is 1. The molecule has 8 nitrogen and oxygen atoms in total. The zero-order valence-corrected chi connectivity index (χ0v) is 16.6. The monoisotopic (exact) mass is 406 g/mol. The van der Waals surface area contributed by atoms with Crippen LogP contribution >= 0.6 is 0 Å². The molecule has 0 unspecified atom stereocenters. The van der Waals surface area contributed by atoms with E-state index in [1.54, 1.807) is 42.3 Å². The van der Waals surface area contributed by atoms with Gasteiger partial charge in [0, 0.05) is 26.1 Å². The molecular formula is C22H22N4O4. The molecule has 0 aliphatic carbocycles. The van der Waals surface area contributed by atoms with E-state index in [1.807, 2.05) is 18.2 Å². The maximum absolute atomic E-state index is 12.6.